The van der Waals surface area contributed by atoms with Crippen LogP contribution in [0.1, 0.15) is 17.5 Å². The standard InChI is InChI=1S/C13H15NO/c1-2-5-11-6-3-7-12-8-4-9-14(10-15)13(11)12/h2-3,6-7,10H,1,4-5,8-9H2. The van der Waals surface area contributed by atoms with Crippen molar-refractivity contribution < 1.29 is 4.79 Å². The number of carbonyl (C=O) groups excluding carboxylic acids is 1. The second-order valence-electron chi connectivity index (χ2n) is 3.82. The molecule has 1 aliphatic heterocycles. The van der Waals surface area contributed by atoms with Gasteiger partial charge in [-0.3, -0.25) is 4.79 Å². The molecule has 15 heavy (non-hydrogen) atoms. The van der Waals surface area contributed by atoms with Crippen molar-refractivity contribution in [2.45, 2.75) is 19.3 Å². The van der Waals surface area contributed by atoms with Crippen LogP contribution in [-0.2, 0) is 17.6 Å². The zero-order chi connectivity index (χ0) is 10.7. The number of aryl methyl sites for hydroxylation is 1. The Morgan fingerprint density at radius 1 is 1.47 bits per heavy atom. The van der Waals surface area contributed by atoms with Gasteiger partial charge in [-0.15, -0.1) is 6.58 Å². The van der Waals surface area contributed by atoms with E-state index in [-0.39, 0.29) is 0 Å². The first-order valence-electron chi connectivity index (χ1n) is 5.30. The summed E-state index contributed by atoms with van der Waals surface area (Å²) in [7, 11) is 0. The van der Waals surface area contributed by atoms with Gasteiger partial charge in [0.2, 0.25) is 6.41 Å². The lowest BCUT2D eigenvalue weighted by Crippen LogP contribution is -2.28. The smallest absolute Gasteiger partial charge is 0.214 e. The fourth-order valence-electron chi connectivity index (χ4n) is 2.19. The van der Waals surface area contributed by atoms with Crippen LogP contribution in [0.4, 0.5) is 5.69 Å². The van der Waals surface area contributed by atoms with E-state index in [0.717, 1.165) is 37.9 Å². The van der Waals surface area contributed by atoms with E-state index in [1.807, 2.05) is 11.0 Å². The number of fused-ring (bicyclic) bond motifs is 1. The lowest BCUT2D eigenvalue weighted by molar-refractivity contribution is -0.107. The first kappa shape index (κ1) is 9.97. The van der Waals surface area contributed by atoms with E-state index >= 15 is 0 Å². The molecule has 0 spiro atoms. The first-order valence-corrected chi connectivity index (χ1v) is 5.30. The molecule has 2 nitrogen and oxygen atoms in total. The quantitative estimate of drug-likeness (QED) is 0.543. The third-order valence-electron chi connectivity index (χ3n) is 2.83. The Hall–Kier alpha value is -1.57. The van der Waals surface area contributed by atoms with Crippen molar-refractivity contribution >= 4 is 12.1 Å². The Bertz CT molecular complexity index is 384. The average molecular weight is 201 g/mol. The van der Waals surface area contributed by atoms with Gasteiger partial charge in [-0.05, 0) is 30.4 Å². The highest BCUT2D eigenvalue weighted by atomic mass is 16.1. The predicted molar refractivity (Wildman–Crippen MR) is 62.1 cm³/mol. The zero-order valence-corrected chi connectivity index (χ0v) is 8.78. The molecule has 1 heterocycles. The summed E-state index contributed by atoms with van der Waals surface area (Å²) in [5.41, 5.74) is 3.60. The number of amides is 1. The number of hydrogen-bond acceptors (Lipinski definition) is 1. The molecule has 2 rings (SSSR count). The summed E-state index contributed by atoms with van der Waals surface area (Å²) in [6.07, 6.45) is 5.78. The van der Waals surface area contributed by atoms with Gasteiger partial charge >= 0.3 is 0 Å². The van der Waals surface area contributed by atoms with Crippen molar-refractivity contribution in [2.75, 3.05) is 11.4 Å². The van der Waals surface area contributed by atoms with Crippen LogP contribution in [0.3, 0.4) is 0 Å². The van der Waals surface area contributed by atoms with Crippen molar-refractivity contribution in [3.63, 3.8) is 0 Å². The zero-order valence-electron chi connectivity index (χ0n) is 8.78. The highest BCUT2D eigenvalue weighted by Crippen LogP contribution is 2.30. The molecule has 0 radical (unpaired) electrons. The van der Waals surface area contributed by atoms with Gasteiger partial charge in [0.1, 0.15) is 0 Å². The van der Waals surface area contributed by atoms with Crippen molar-refractivity contribution in [1.29, 1.82) is 0 Å². The molecule has 0 fully saturated rings. The topological polar surface area (TPSA) is 20.3 Å². The molecule has 0 N–H and O–H groups in total. The minimum atomic E-state index is 0.827. The second kappa shape index (κ2) is 4.30. The molecular formula is C13H15NO. The lowest BCUT2D eigenvalue weighted by Gasteiger charge is -2.28. The van der Waals surface area contributed by atoms with Gasteiger partial charge in [0.15, 0.2) is 0 Å². The minimum Gasteiger partial charge on any atom is -0.314 e. The summed E-state index contributed by atoms with van der Waals surface area (Å²) >= 11 is 0. The summed E-state index contributed by atoms with van der Waals surface area (Å²) in [6.45, 7) is 4.59. The highest BCUT2D eigenvalue weighted by molar-refractivity contribution is 5.80. The predicted octanol–water partition coefficient (Wildman–Crippen LogP) is 2.32. The third kappa shape index (κ3) is 1.80. The minimum absolute atomic E-state index is 0.827. The van der Waals surface area contributed by atoms with Crippen LogP contribution >= 0.6 is 0 Å². The number of nitrogens with zero attached hydrogens (tertiary/aromatic N) is 1. The Labute approximate surface area is 90.2 Å². The van der Waals surface area contributed by atoms with E-state index in [4.69, 9.17) is 0 Å². The number of hydrogen-bond donors (Lipinski definition) is 0. The molecule has 0 aromatic heterocycles. The van der Waals surface area contributed by atoms with Crippen molar-refractivity contribution in [2.24, 2.45) is 0 Å². The fourth-order valence-corrected chi connectivity index (χ4v) is 2.19. The van der Waals surface area contributed by atoms with Gasteiger partial charge < -0.3 is 4.90 Å². The van der Waals surface area contributed by atoms with Gasteiger partial charge in [-0.2, -0.15) is 0 Å². The van der Waals surface area contributed by atoms with Crippen LogP contribution in [0.15, 0.2) is 30.9 Å². The van der Waals surface area contributed by atoms with Crippen LogP contribution in [0.25, 0.3) is 0 Å². The molecule has 0 atom stereocenters. The first-order chi connectivity index (χ1) is 7.36. The number of benzene rings is 1. The molecule has 2 heteroatoms. The second-order valence-corrected chi connectivity index (χ2v) is 3.82. The molecule has 0 unspecified atom stereocenters. The van der Waals surface area contributed by atoms with Gasteiger partial charge in [0, 0.05) is 6.54 Å². The van der Waals surface area contributed by atoms with E-state index < -0.39 is 0 Å². The molecule has 1 aromatic carbocycles. The third-order valence-corrected chi connectivity index (χ3v) is 2.83. The molecular weight excluding hydrogens is 186 g/mol. The van der Waals surface area contributed by atoms with Crippen LogP contribution < -0.4 is 4.90 Å². The number of para-hydroxylation sites is 1. The summed E-state index contributed by atoms with van der Waals surface area (Å²) in [6, 6.07) is 6.24. The maximum absolute atomic E-state index is 11.0. The van der Waals surface area contributed by atoms with Gasteiger partial charge in [0.25, 0.3) is 0 Å². The van der Waals surface area contributed by atoms with Crippen molar-refractivity contribution in [1.82, 2.24) is 0 Å². The normalized spacial score (nSPS) is 14.5. The molecule has 0 saturated carbocycles. The van der Waals surface area contributed by atoms with Crippen LogP contribution in [0.2, 0.25) is 0 Å². The highest BCUT2D eigenvalue weighted by Gasteiger charge is 2.18. The molecule has 1 aliphatic rings. The van der Waals surface area contributed by atoms with Crippen LogP contribution in [0, 0.1) is 0 Å². The molecule has 0 saturated heterocycles. The number of carbonyl (C=O) groups is 1. The summed E-state index contributed by atoms with van der Waals surface area (Å²) in [5, 5.41) is 0. The summed E-state index contributed by atoms with van der Waals surface area (Å²) in [5.74, 6) is 0. The van der Waals surface area contributed by atoms with Crippen LogP contribution in [0.5, 0.6) is 0 Å². The summed E-state index contributed by atoms with van der Waals surface area (Å²) < 4.78 is 0. The lowest BCUT2D eigenvalue weighted by atomic mass is 9.97. The number of anilines is 1. The van der Waals surface area contributed by atoms with E-state index in [0.29, 0.717) is 0 Å². The van der Waals surface area contributed by atoms with Crippen molar-refractivity contribution in [3.05, 3.63) is 42.0 Å². The van der Waals surface area contributed by atoms with E-state index in [2.05, 4.69) is 24.8 Å². The van der Waals surface area contributed by atoms with E-state index in [1.165, 1.54) is 11.1 Å². The Morgan fingerprint density at radius 2 is 2.33 bits per heavy atom. The molecule has 78 valence electrons. The van der Waals surface area contributed by atoms with Crippen molar-refractivity contribution in [3.8, 4) is 0 Å². The maximum Gasteiger partial charge on any atom is 0.214 e. The van der Waals surface area contributed by atoms with Gasteiger partial charge in [-0.25, -0.2) is 0 Å². The Balaban J connectivity index is 2.48. The number of rotatable bonds is 3. The van der Waals surface area contributed by atoms with E-state index in [9.17, 15) is 4.79 Å². The van der Waals surface area contributed by atoms with Gasteiger partial charge in [0.05, 0.1) is 5.69 Å². The molecule has 0 aliphatic carbocycles. The monoisotopic (exact) mass is 201 g/mol. The Kier molecular flexibility index (Phi) is 2.86. The van der Waals surface area contributed by atoms with Gasteiger partial charge in [-0.1, -0.05) is 24.3 Å². The molecule has 0 bridgehead atoms. The average Bonchev–Trinajstić information content (AvgIpc) is 2.29. The fraction of sp³-hybridized carbons (Fsp3) is 0.308. The SMILES string of the molecule is C=CCc1cccc2c1N(C=O)CCC2. The number of allylic oxidation sites excluding steroid dienone is 1. The molecule has 1 amide bonds. The van der Waals surface area contributed by atoms with Crippen LogP contribution in [-0.4, -0.2) is 13.0 Å². The largest absolute Gasteiger partial charge is 0.314 e. The van der Waals surface area contributed by atoms with E-state index in [1.54, 1.807) is 0 Å². The maximum atomic E-state index is 11.0. The molecule has 1 aromatic rings. The summed E-state index contributed by atoms with van der Waals surface area (Å²) in [4.78, 5) is 12.8. The Morgan fingerprint density at radius 3 is 3.07 bits per heavy atom.